The molecule has 2 bridgehead atoms. The summed E-state index contributed by atoms with van der Waals surface area (Å²) in [5.74, 6) is -4.18. The molecule has 2 saturated carbocycles. The lowest BCUT2D eigenvalue weighted by molar-refractivity contribution is -0.192. The Hall–Kier alpha value is -4.08. The number of rotatable bonds is 12. The van der Waals surface area contributed by atoms with Gasteiger partial charge in [0, 0.05) is 23.7 Å². The molecule has 1 spiro atoms. The van der Waals surface area contributed by atoms with Gasteiger partial charge in [0.05, 0.1) is 16.5 Å². The summed E-state index contributed by atoms with van der Waals surface area (Å²) < 4.78 is 18.4. The third kappa shape index (κ3) is 5.77. The molecule has 0 saturated heterocycles. The highest BCUT2D eigenvalue weighted by Gasteiger charge is 2.85. The minimum Gasteiger partial charge on any atom is -0.461 e. The molecule has 0 aromatic heterocycles. The fourth-order valence-electron chi connectivity index (χ4n) is 9.64. The zero-order valence-corrected chi connectivity index (χ0v) is 30.2. The van der Waals surface area contributed by atoms with Crippen LogP contribution in [0.1, 0.15) is 100 Å². The van der Waals surface area contributed by atoms with E-state index < -0.39 is 63.9 Å². The Morgan fingerprint density at radius 2 is 1.49 bits per heavy atom. The van der Waals surface area contributed by atoms with Gasteiger partial charge in [-0.05, 0) is 68.0 Å². The average molecular weight is 699 g/mol. The molecule has 0 unspecified atom stereocenters. The van der Waals surface area contributed by atoms with Crippen LogP contribution in [0.15, 0.2) is 84.0 Å². The number of aliphatic hydroxyl groups excluding tert-OH is 1. The zero-order chi connectivity index (χ0) is 36.8. The van der Waals surface area contributed by atoms with Gasteiger partial charge in [0.2, 0.25) is 0 Å². The van der Waals surface area contributed by atoms with E-state index in [0.29, 0.717) is 23.1 Å². The third-order valence-electron chi connectivity index (χ3n) is 12.3. The maximum atomic E-state index is 15.2. The van der Waals surface area contributed by atoms with Crippen LogP contribution in [0.3, 0.4) is 0 Å². The smallest absolute Gasteiger partial charge is 0.338 e. The van der Waals surface area contributed by atoms with Gasteiger partial charge in [-0.2, -0.15) is 0 Å². The van der Waals surface area contributed by atoms with Crippen molar-refractivity contribution in [1.29, 1.82) is 0 Å². The molecule has 4 aliphatic rings. The Labute approximate surface area is 300 Å². The molecule has 9 atom stereocenters. The van der Waals surface area contributed by atoms with Crippen molar-refractivity contribution < 1.29 is 43.6 Å². The number of benzene rings is 2. The molecule has 0 aliphatic heterocycles. The molecule has 272 valence electrons. The largest absolute Gasteiger partial charge is 0.461 e. The number of esters is 3. The Kier molecular flexibility index (Phi) is 9.94. The van der Waals surface area contributed by atoms with Crippen LogP contribution < -0.4 is 0 Å². The second-order valence-corrected chi connectivity index (χ2v) is 15.4. The van der Waals surface area contributed by atoms with E-state index in [1.165, 1.54) is 0 Å². The van der Waals surface area contributed by atoms with Gasteiger partial charge >= 0.3 is 17.9 Å². The zero-order valence-electron chi connectivity index (χ0n) is 30.2. The van der Waals surface area contributed by atoms with Gasteiger partial charge in [0.15, 0.2) is 17.5 Å². The highest BCUT2D eigenvalue weighted by molar-refractivity contribution is 5.96. The van der Waals surface area contributed by atoms with Gasteiger partial charge in [-0.25, -0.2) is 9.59 Å². The van der Waals surface area contributed by atoms with E-state index in [0.717, 1.165) is 25.7 Å². The Bertz CT molecular complexity index is 1730. The summed E-state index contributed by atoms with van der Waals surface area (Å²) in [5.41, 5.74) is -4.67. The van der Waals surface area contributed by atoms with Crippen molar-refractivity contribution in [2.24, 2.45) is 28.6 Å². The maximum Gasteiger partial charge on any atom is 0.338 e. The van der Waals surface area contributed by atoms with E-state index in [9.17, 15) is 24.6 Å². The number of fused-ring (bicyclic) bond motifs is 3. The molecule has 0 heterocycles. The molecule has 2 aromatic rings. The van der Waals surface area contributed by atoms with Gasteiger partial charge < -0.3 is 24.4 Å². The van der Waals surface area contributed by atoms with Crippen molar-refractivity contribution in [2.75, 3.05) is 6.61 Å². The Morgan fingerprint density at radius 1 is 0.882 bits per heavy atom. The second kappa shape index (κ2) is 13.8. The summed E-state index contributed by atoms with van der Waals surface area (Å²) >= 11 is 0. The number of hydrogen-bond donors (Lipinski definition) is 2. The number of ketones is 1. The molecular formula is C42H50O9. The number of Topliss-reactive ketones (excluding diaryl/α,β-unsaturated/α-hetero) is 1. The number of hydrogen-bond acceptors (Lipinski definition) is 9. The van der Waals surface area contributed by atoms with Crippen molar-refractivity contribution in [3.63, 3.8) is 0 Å². The molecule has 2 fully saturated rings. The molecule has 6 rings (SSSR count). The Morgan fingerprint density at radius 3 is 2.12 bits per heavy atom. The Balaban J connectivity index is 1.38. The fourth-order valence-corrected chi connectivity index (χ4v) is 9.64. The van der Waals surface area contributed by atoms with Crippen LogP contribution in [0.4, 0.5) is 0 Å². The van der Waals surface area contributed by atoms with E-state index in [-0.39, 0.29) is 36.8 Å². The highest BCUT2D eigenvalue weighted by Crippen LogP contribution is 2.75. The first kappa shape index (κ1) is 36.7. The first-order valence-corrected chi connectivity index (χ1v) is 18.3. The summed E-state index contributed by atoms with van der Waals surface area (Å²) in [6.07, 6.45) is 5.57. The van der Waals surface area contributed by atoms with Crippen LogP contribution in [-0.2, 0) is 23.8 Å². The van der Waals surface area contributed by atoms with Crippen LogP contribution in [0.5, 0.6) is 0 Å². The van der Waals surface area contributed by atoms with E-state index in [1.807, 2.05) is 13.8 Å². The number of allylic oxidation sites excluding steroid dienone is 1. The van der Waals surface area contributed by atoms with Gasteiger partial charge in [0.25, 0.3) is 0 Å². The minimum absolute atomic E-state index is 0.107. The fraction of sp³-hybridized carbons (Fsp3) is 0.524. The summed E-state index contributed by atoms with van der Waals surface area (Å²) in [6, 6.07) is 17.0. The van der Waals surface area contributed by atoms with Crippen LogP contribution >= 0.6 is 0 Å². The monoisotopic (exact) mass is 698 g/mol. The molecule has 9 nitrogen and oxygen atoms in total. The molecule has 51 heavy (non-hydrogen) atoms. The van der Waals surface area contributed by atoms with Gasteiger partial charge in [-0.15, -0.1) is 0 Å². The highest BCUT2D eigenvalue weighted by atomic mass is 16.6. The van der Waals surface area contributed by atoms with Crippen molar-refractivity contribution in [3.8, 4) is 0 Å². The standard InChI is InChI=1S/C42H50O9/c1-6-7-8-9-16-21-32(43)51-41-24-28(4)40-23-27(3)36(50-38(47)30-19-14-11-15-20-30)42(40,48)34(44)26(2)22-31(35(40)45)33(41)39(41,5)25-49-37(46)29-17-12-10-13-18-29/h10-15,17-20,22-23,28,31,33-34,36,44,48H,6-9,16,21,24-25H2,1-5H3/t28-,31+,33-,34-,36+,39+,40+,41+,42+/m1/s1. The lowest BCUT2D eigenvalue weighted by atomic mass is 9.59. The first-order chi connectivity index (χ1) is 24.3. The lowest BCUT2D eigenvalue weighted by Crippen LogP contribution is -2.65. The SMILES string of the molecule is CCCCCCCC(=O)O[C@@]12C[C@@H](C)[C@]34C=C(C)[C@H](OC(=O)c5ccccc5)[C@@]3(O)[C@H](O)C(C)=C[C@H](C4=O)[C@@H]1[C@]2(C)COC(=O)c1ccccc1. The van der Waals surface area contributed by atoms with E-state index >= 15 is 4.79 Å². The minimum atomic E-state index is -2.25. The van der Waals surface area contributed by atoms with Gasteiger partial charge in [0.1, 0.15) is 18.3 Å². The second-order valence-electron chi connectivity index (χ2n) is 15.4. The molecule has 9 heteroatoms. The van der Waals surface area contributed by atoms with Crippen molar-refractivity contribution >= 4 is 23.7 Å². The molecule has 0 radical (unpaired) electrons. The van der Waals surface area contributed by atoms with Crippen LogP contribution in [0.25, 0.3) is 0 Å². The van der Waals surface area contributed by atoms with Gasteiger partial charge in [-0.1, -0.05) is 95.0 Å². The number of unbranched alkanes of at least 4 members (excludes halogenated alkanes) is 4. The molecular weight excluding hydrogens is 648 g/mol. The molecule has 2 N–H and O–H groups in total. The maximum absolute atomic E-state index is 15.2. The summed E-state index contributed by atoms with van der Waals surface area (Å²) in [6.45, 7) is 9.07. The van der Waals surface area contributed by atoms with E-state index in [1.54, 1.807) is 86.7 Å². The first-order valence-electron chi connectivity index (χ1n) is 18.3. The van der Waals surface area contributed by atoms with E-state index in [2.05, 4.69) is 6.92 Å². The van der Waals surface area contributed by atoms with Crippen molar-refractivity contribution in [2.45, 2.75) is 103 Å². The normalized spacial score (nSPS) is 34.9. The van der Waals surface area contributed by atoms with E-state index in [4.69, 9.17) is 14.2 Å². The predicted octanol–water partition coefficient (Wildman–Crippen LogP) is 6.57. The number of carbonyl (C=O) groups excluding carboxylic acids is 4. The van der Waals surface area contributed by atoms with Crippen molar-refractivity contribution in [1.82, 2.24) is 0 Å². The lowest BCUT2D eigenvalue weighted by Gasteiger charge is -2.49. The summed E-state index contributed by atoms with van der Waals surface area (Å²) in [4.78, 5) is 55.5. The van der Waals surface area contributed by atoms with Gasteiger partial charge in [-0.3, -0.25) is 9.59 Å². The molecule has 4 aliphatic carbocycles. The third-order valence-corrected chi connectivity index (χ3v) is 12.3. The van der Waals surface area contributed by atoms with Crippen LogP contribution in [-0.4, -0.2) is 63.9 Å². The topological polar surface area (TPSA) is 136 Å². The van der Waals surface area contributed by atoms with Crippen LogP contribution in [0.2, 0.25) is 0 Å². The average Bonchev–Trinajstić information content (AvgIpc) is 3.56. The quantitative estimate of drug-likeness (QED) is 0.109. The number of carbonyl (C=O) groups is 4. The number of ether oxygens (including phenoxy) is 3. The predicted molar refractivity (Wildman–Crippen MR) is 189 cm³/mol. The molecule has 0 amide bonds. The summed E-state index contributed by atoms with van der Waals surface area (Å²) in [5, 5.41) is 24.9. The molecule has 2 aromatic carbocycles. The number of aliphatic hydroxyl groups is 2. The van der Waals surface area contributed by atoms with Crippen LogP contribution in [0, 0.1) is 28.6 Å². The summed E-state index contributed by atoms with van der Waals surface area (Å²) in [7, 11) is 0. The van der Waals surface area contributed by atoms with Crippen molar-refractivity contribution in [3.05, 3.63) is 95.1 Å².